The Morgan fingerprint density at radius 3 is 2.62 bits per heavy atom. The molecule has 5 rings (SSSR count). The molecule has 220 valence electrons. The van der Waals surface area contributed by atoms with Crippen LogP contribution in [0.3, 0.4) is 0 Å². The number of rotatable bonds is 7. The molecule has 3 heterocycles. The van der Waals surface area contributed by atoms with E-state index in [1.807, 2.05) is 29.8 Å². The number of ether oxygens (including phenoxy) is 1. The molecule has 2 fully saturated rings. The van der Waals surface area contributed by atoms with Gasteiger partial charge in [0.05, 0.1) is 29.7 Å². The number of amides is 1. The number of nitrogens with zero attached hydrogens (tertiary/aromatic N) is 3. The summed E-state index contributed by atoms with van der Waals surface area (Å²) in [5.41, 5.74) is -0.284. The summed E-state index contributed by atoms with van der Waals surface area (Å²) in [5.74, 6) is -0.548. The lowest BCUT2D eigenvalue weighted by Gasteiger charge is -2.40. The molecule has 1 aromatic heterocycles. The number of hydrogen-bond acceptors (Lipinski definition) is 5. The molecule has 0 radical (unpaired) electrons. The first-order valence-electron chi connectivity index (χ1n) is 14.0. The Balaban J connectivity index is 1.31. The number of benzene rings is 1. The van der Waals surface area contributed by atoms with E-state index < -0.39 is 38.6 Å². The maximum Gasteiger partial charge on any atom is 0.416 e. The van der Waals surface area contributed by atoms with Crippen LogP contribution >= 0.6 is 0 Å². The van der Waals surface area contributed by atoms with Crippen LogP contribution in [0.5, 0.6) is 0 Å². The van der Waals surface area contributed by atoms with Crippen LogP contribution in [0.2, 0.25) is 0 Å². The number of alkyl halides is 3. The van der Waals surface area contributed by atoms with Crippen molar-refractivity contribution >= 4 is 15.9 Å². The number of hydrogen-bond donors (Lipinski definition) is 1. The molecule has 0 spiro atoms. The fourth-order valence-electron chi connectivity index (χ4n) is 6.47. The molecule has 1 saturated heterocycles. The quantitative estimate of drug-likeness (QED) is 0.533. The molecule has 1 aliphatic carbocycles. The number of nitrogens with one attached hydrogen (secondary N) is 1. The first-order chi connectivity index (χ1) is 19.0. The highest BCUT2D eigenvalue weighted by Crippen LogP contribution is 2.39. The molecule has 40 heavy (non-hydrogen) atoms. The van der Waals surface area contributed by atoms with Gasteiger partial charge in [0.2, 0.25) is 15.9 Å². The highest BCUT2D eigenvalue weighted by Gasteiger charge is 2.41. The molecule has 0 bridgehead atoms. The lowest BCUT2D eigenvalue weighted by atomic mass is 9.89. The third kappa shape index (κ3) is 6.24. The average molecular weight is 583 g/mol. The molecular weight excluding hydrogens is 545 g/mol. The second kappa shape index (κ2) is 11.8. The Morgan fingerprint density at radius 2 is 1.88 bits per heavy atom. The van der Waals surface area contributed by atoms with E-state index in [1.54, 1.807) is 0 Å². The van der Waals surface area contributed by atoms with E-state index in [-0.39, 0.29) is 24.9 Å². The molecule has 2 aliphatic heterocycles. The van der Waals surface area contributed by atoms with Crippen molar-refractivity contribution in [1.82, 2.24) is 19.1 Å². The zero-order valence-corrected chi connectivity index (χ0v) is 23.5. The molecule has 1 N–H and O–H groups in total. The number of fused-ring (bicyclic) bond motifs is 1. The van der Waals surface area contributed by atoms with Crippen molar-refractivity contribution in [1.29, 1.82) is 0 Å². The highest BCUT2D eigenvalue weighted by atomic mass is 32.2. The molecule has 1 amide bonds. The van der Waals surface area contributed by atoms with Gasteiger partial charge < -0.3 is 14.6 Å². The minimum absolute atomic E-state index is 0.0569. The zero-order chi connectivity index (χ0) is 28.5. The van der Waals surface area contributed by atoms with E-state index >= 15 is 0 Å². The Hall–Kier alpha value is -2.41. The van der Waals surface area contributed by atoms with Gasteiger partial charge in [-0.25, -0.2) is 8.42 Å². The van der Waals surface area contributed by atoms with Gasteiger partial charge in [-0.3, -0.25) is 9.69 Å². The van der Waals surface area contributed by atoms with Gasteiger partial charge in [0, 0.05) is 56.6 Å². The number of halogens is 3. The SMILES string of the molecule is CC(CC(=O)NC1CCCC(N2CCOCC2)C1)C1c2cccn2CCN1S(=O)(=O)c1cccc(C(F)(F)F)c1. The van der Waals surface area contributed by atoms with Crippen LogP contribution in [0.25, 0.3) is 0 Å². The van der Waals surface area contributed by atoms with Gasteiger partial charge in [0.15, 0.2) is 0 Å². The van der Waals surface area contributed by atoms with Crippen molar-refractivity contribution < 1.29 is 31.1 Å². The highest BCUT2D eigenvalue weighted by molar-refractivity contribution is 7.89. The van der Waals surface area contributed by atoms with Crippen LogP contribution in [0.4, 0.5) is 13.2 Å². The topological polar surface area (TPSA) is 83.9 Å². The Kier molecular flexibility index (Phi) is 8.61. The summed E-state index contributed by atoms with van der Waals surface area (Å²) in [6, 6.07) is 7.27. The minimum Gasteiger partial charge on any atom is -0.379 e. The number of sulfonamides is 1. The van der Waals surface area contributed by atoms with Gasteiger partial charge in [-0.05, 0) is 61.9 Å². The van der Waals surface area contributed by atoms with Crippen molar-refractivity contribution in [2.75, 3.05) is 32.8 Å². The van der Waals surface area contributed by atoms with Gasteiger partial charge in [-0.2, -0.15) is 17.5 Å². The van der Waals surface area contributed by atoms with Gasteiger partial charge in [-0.1, -0.05) is 13.0 Å². The van der Waals surface area contributed by atoms with E-state index in [2.05, 4.69) is 10.2 Å². The third-order valence-electron chi connectivity index (χ3n) is 8.43. The van der Waals surface area contributed by atoms with Gasteiger partial charge >= 0.3 is 6.18 Å². The van der Waals surface area contributed by atoms with Crippen LogP contribution in [-0.2, 0) is 32.3 Å². The predicted molar refractivity (Wildman–Crippen MR) is 143 cm³/mol. The standard InChI is InChI=1S/C28H37F3N4O4S/c1-20(17-26(36)32-22-6-3-7-23(19-22)33-13-15-39-16-14-33)27-25-9-4-10-34(25)11-12-35(27)40(37,38)24-8-2-5-21(18-24)28(29,30)31/h2,4-5,8-10,18,20,22-23,27H,3,6-7,11-17,19H2,1H3,(H,32,36). The summed E-state index contributed by atoms with van der Waals surface area (Å²) in [4.78, 5) is 15.3. The van der Waals surface area contributed by atoms with Crippen LogP contribution in [-0.4, -0.2) is 73.0 Å². The van der Waals surface area contributed by atoms with Crippen LogP contribution in [0.1, 0.15) is 56.3 Å². The Morgan fingerprint density at radius 1 is 1.10 bits per heavy atom. The lowest BCUT2D eigenvalue weighted by molar-refractivity contribution is -0.137. The first-order valence-corrected chi connectivity index (χ1v) is 15.4. The summed E-state index contributed by atoms with van der Waals surface area (Å²) >= 11 is 0. The summed E-state index contributed by atoms with van der Waals surface area (Å²) in [6.45, 7) is 5.57. The second-order valence-electron chi connectivity index (χ2n) is 11.1. The summed E-state index contributed by atoms with van der Waals surface area (Å²) in [6.07, 6.45) is 1.21. The monoisotopic (exact) mass is 582 g/mol. The summed E-state index contributed by atoms with van der Waals surface area (Å²) in [5, 5.41) is 3.19. The average Bonchev–Trinajstić information content (AvgIpc) is 3.41. The first kappa shape index (κ1) is 29.1. The Bertz CT molecular complexity index is 1290. The van der Waals surface area contributed by atoms with Crippen LogP contribution < -0.4 is 5.32 Å². The number of morpholine rings is 1. The molecule has 8 nitrogen and oxygen atoms in total. The van der Waals surface area contributed by atoms with Gasteiger partial charge in [0.1, 0.15) is 0 Å². The lowest BCUT2D eigenvalue weighted by Crippen LogP contribution is -2.50. The molecule has 2 aromatic rings. The number of carbonyl (C=O) groups excluding carboxylic acids is 1. The van der Waals surface area contributed by atoms with Crippen molar-refractivity contribution in [3.05, 3.63) is 53.9 Å². The van der Waals surface area contributed by atoms with E-state index in [4.69, 9.17) is 4.74 Å². The van der Waals surface area contributed by atoms with Crippen LogP contribution in [0, 0.1) is 5.92 Å². The van der Waals surface area contributed by atoms with Crippen molar-refractivity contribution in [3.63, 3.8) is 0 Å². The second-order valence-corrected chi connectivity index (χ2v) is 13.0. The summed E-state index contributed by atoms with van der Waals surface area (Å²) in [7, 11) is -4.27. The molecule has 1 aromatic carbocycles. The van der Waals surface area contributed by atoms with Gasteiger partial charge in [0.25, 0.3) is 0 Å². The fraction of sp³-hybridized carbons (Fsp3) is 0.607. The van der Waals surface area contributed by atoms with E-state index in [0.29, 0.717) is 18.7 Å². The van der Waals surface area contributed by atoms with E-state index in [1.165, 1.54) is 10.4 Å². The smallest absolute Gasteiger partial charge is 0.379 e. The van der Waals surface area contributed by atoms with Crippen molar-refractivity contribution in [2.24, 2.45) is 5.92 Å². The van der Waals surface area contributed by atoms with E-state index in [0.717, 1.165) is 69.8 Å². The zero-order valence-electron chi connectivity index (χ0n) is 22.6. The maximum atomic E-state index is 13.7. The number of aromatic nitrogens is 1. The molecule has 12 heteroatoms. The summed E-state index contributed by atoms with van der Waals surface area (Å²) < 4.78 is 76.2. The molecule has 1 saturated carbocycles. The molecular formula is C28H37F3N4O4S. The number of carbonyl (C=O) groups is 1. The Labute approximate surface area is 233 Å². The molecule has 3 aliphatic rings. The fourth-order valence-corrected chi connectivity index (χ4v) is 8.20. The predicted octanol–water partition coefficient (Wildman–Crippen LogP) is 4.04. The van der Waals surface area contributed by atoms with Crippen LogP contribution in [0.15, 0.2) is 47.5 Å². The third-order valence-corrected chi connectivity index (χ3v) is 10.3. The van der Waals surface area contributed by atoms with Crippen molar-refractivity contribution in [3.8, 4) is 0 Å². The minimum atomic E-state index is -4.66. The van der Waals surface area contributed by atoms with E-state index in [9.17, 15) is 26.4 Å². The largest absolute Gasteiger partial charge is 0.416 e. The van der Waals surface area contributed by atoms with Gasteiger partial charge in [-0.15, -0.1) is 0 Å². The molecule has 4 atom stereocenters. The van der Waals surface area contributed by atoms with Crippen molar-refractivity contribution in [2.45, 2.75) is 74.8 Å². The molecule has 4 unspecified atom stereocenters. The maximum absolute atomic E-state index is 13.7. The normalized spacial score (nSPS) is 25.8.